The molecule has 1 saturated heterocycles. The Morgan fingerprint density at radius 1 is 0.936 bits per heavy atom. The zero-order valence-electron chi connectivity index (χ0n) is 27.3. The zero-order chi connectivity index (χ0) is 33.3. The number of aromatic nitrogens is 2. The van der Waals surface area contributed by atoms with Crippen molar-refractivity contribution in [1.82, 2.24) is 19.8 Å². The van der Waals surface area contributed by atoms with E-state index in [1.54, 1.807) is 50.5 Å². The first-order valence-electron chi connectivity index (χ1n) is 15.8. The van der Waals surface area contributed by atoms with E-state index in [4.69, 9.17) is 9.47 Å². The van der Waals surface area contributed by atoms with Crippen LogP contribution in [0.15, 0.2) is 66.9 Å². The molecule has 0 saturated carbocycles. The van der Waals surface area contributed by atoms with E-state index in [9.17, 15) is 14.0 Å². The number of nitrogens with one attached hydrogen (secondary N) is 2. The smallest absolute Gasteiger partial charge is 0.262 e. The highest BCUT2D eigenvalue weighted by molar-refractivity contribution is 6.06. The molecule has 0 atom stereocenters. The second-order valence-corrected chi connectivity index (χ2v) is 11.8. The van der Waals surface area contributed by atoms with Crippen molar-refractivity contribution >= 4 is 29.1 Å². The van der Waals surface area contributed by atoms with Crippen LogP contribution in [-0.4, -0.2) is 71.9 Å². The summed E-state index contributed by atoms with van der Waals surface area (Å²) >= 11 is 0. The lowest BCUT2D eigenvalue weighted by atomic mass is 10.1. The summed E-state index contributed by atoms with van der Waals surface area (Å²) in [6.07, 6.45) is 5.90. The number of rotatable bonds is 12. The van der Waals surface area contributed by atoms with Crippen molar-refractivity contribution in [3.05, 3.63) is 94.9 Å². The SMILES string of the molecule is Cc1cccc(C)c1NC(=O)c1cnc(Nc2ccc(OCCCN3CCCCC3)c(F)c2)nc1Oc1ccccc1C(=O)N(C)C. The maximum atomic E-state index is 15.0. The summed E-state index contributed by atoms with van der Waals surface area (Å²) in [7, 11) is 3.28. The van der Waals surface area contributed by atoms with Crippen LogP contribution < -0.4 is 20.1 Å². The molecular formula is C36H41FN6O4. The van der Waals surface area contributed by atoms with E-state index in [2.05, 4.69) is 25.5 Å². The average Bonchev–Trinajstić information content (AvgIpc) is 3.06. The van der Waals surface area contributed by atoms with Crippen LogP contribution in [0.4, 0.5) is 21.7 Å². The van der Waals surface area contributed by atoms with Crippen molar-refractivity contribution in [3.63, 3.8) is 0 Å². The minimum atomic E-state index is -0.523. The summed E-state index contributed by atoms with van der Waals surface area (Å²) in [6.45, 7) is 7.39. The molecule has 1 fully saturated rings. The average molecular weight is 641 g/mol. The molecule has 0 bridgehead atoms. The van der Waals surface area contributed by atoms with Gasteiger partial charge in [0.15, 0.2) is 11.6 Å². The predicted octanol–water partition coefficient (Wildman–Crippen LogP) is 6.98. The van der Waals surface area contributed by atoms with Crippen LogP contribution in [0.25, 0.3) is 0 Å². The first kappa shape index (κ1) is 33.3. The highest BCUT2D eigenvalue weighted by atomic mass is 19.1. The van der Waals surface area contributed by atoms with Gasteiger partial charge in [0.25, 0.3) is 11.8 Å². The van der Waals surface area contributed by atoms with Crippen molar-refractivity contribution in [2.24, 2.45) is 0 Å². The van der Waals surface area contributed by atoms with Gasteiger partial charge in [-0.2, -0.15) is 4.98 Å². The van der Waals surface area contributed by atoms with Crippen LogP contribution in [0.1, 0.15) is 57.5 Å². The van der Waals surface area contributed by atoms with E-state index in [1.807, 2.05) is 32.0 Å². The van der Waals surface area contributed by atoms with E-state index in [0.29, 0.717) is 23.5 Å². The number of anilines is 3. The Morgan fingerprint density at radius 3 is 2.40 bits per heavy atom. The molecule has 5 rings (SSSR count). The zero-order valence-corrected chi connectivity index (χ0v) is 27.3. The molecule has 0 unspecified atom stereocenters. The van der Waals surface area contributed by atoms with Crippen LogP contribution in [0.2, 0.25) is 0 Å². The van der Waals surface area contributed by atoms with Crippen molar-refractivity contribution in [3.8, 4) is 17.4 Å². The maximum absolute atomic E-state index is 15.0. The van der Waals surface area contributed by atoms with E-state index >= 15 is 0 Å². The number of likely N-dealkylation sites (tertiary alicyclic amines) is 1. The van der Waals surface area contributed by atoms with Crippen LogP contribution in [-0.2, 0) is 0 Å². The monoisotopic (exact) mass is 640 g/mol. The number of aryl methyl sites for hydroxylation is 2. The number of halogens is 1. The molecular weight excluding hydrogens is 599 g/mol. The molecule has 47 heavy (non-hydrogen) atoms. The van der Waals surface area contributed by atoms with Gasteiger partial charge in [0.1, 0.15) is 11.3 Å². The summed E-state index contributed by atoms with van der Waals surface area (Å²) in [4.78, 5) is 39.1. The lowest BCUT2D eigenvalue weighted by molar-refractivity contribution is 0.0825. The molecule has 2 heterocycles. The highest BCUT2D eigenvalue weighted by Gasteiger charge is 2.22. The molecule has 10 nitrogen and oxygen atoms in total. The predicted molar refractivity (Wildman–Crippen MR) is 181 cm³/mol. The highest BCUT2D eigenvalue weighted by Crippen LogP contribution is 2.30. The number of benzene rings is 3. The quantitative estimate of drug-likeness (QED) is 0.160. The lowest BCUT2D eigenvalue weighted by Crippen LogP contribution is -2.31. The van der Waals surface area contributed by atoms with Gasteiger partial charge in [-0.05, 0) is 81.6 Å². The first-order valence-corrected chi connectivity index (χ1v) is 15.8. The molecule has 2 amide bonds. The van der Waals surface area contributed by atoms with Crippen LogP contribution in [0.3, 0.4) is 0 Å². The summed E-state index contributed by atoms with van der Waals surface area (Å²) in [5.74, 6) is -0.934. The number of hydrogen-bond acceptors (Lipinski definition) is 8. The lowest BCUT2D eigenvalue weighted by Gasteiger charge is -2.26. The van der Waals surface area contributed by atoms with Gasteiger partial charge in [0.05, 0.1) is 12.2 Å². The molecule has 4 aromatic rings. The number of nitrogens with zero attached hydrogens (tertiary/aromatic N) is 4. The largest absolute Gasteiger partial charge is 0.490 e. The summed E-state index contributed by atoms with van der Waals surface area (Å²) in [5.41, 5.74) is 3.16. The Balaban J connectivity index is 1.36. The Hall–Kier alpha value is -5.03. The van der Waals surface area contributed by atoms with Crippen molar-refractivity contribution in [2.45, 2.75) is 39.5 Å². The normalized spacial score (nSPS) is 13.1. The third-order valence-electron chi connectivity index (χ3n) is 7.96. The fraction of sp³-hybridized carbons (Fsp3) is 0.333. The number of hydrogen-bond donors (Lipinski definition) is 2. The van der Waals surface area contributed by atoms with E-state index in [-0.39, 0.29) is 34.8 Å². The third kappa shape index (κ3) is 8.62. The van der Waals surface area contributed by atoms with Crippen LogP contribution in [0, 0.1) is 19.7 Å². The minimum Gasteiger partial charge on any atom is -0.490 e. The van der Waals surface area contributed by atoms with Crippen LogP contribution >= 0.6 is 0 Å². The second kappa shape index (κ2) is 15.5. The number of amides is 2. The van der Waals surface area contributed by atoms with Gasteiger partial charge < -0.3 is 29.9 Å². The number of para-hydroxylation sites is 2. The van der Waals surface area contributed by atoms with Gasteiger partial charge in [0, 0.05) is 44.3 Å². The van der Waals surface area contributed by atoms with Gasteiger partial charge in [-0.1, -0.05) is 36.8 Å². The van der Waals surface area contributed by atoms with E-state index in [1.165, 1.54) is 36.4 Å². The van der Waals surface area contributed by atoms with Crippen molar-refractivity contribution < 1.29 is 23.5 Å². The first-order chi connectivity index (χ1) is 22.7. The van der Waals surface area contributed by atoms with Gasteiger partial charge in [0.2, 0.25) is 11.8 Å². The van der Waals surface area contributed by atoms with E-state index in [0.717, 1.165) is 37.2 Å². The third-order valence-corrected chi connectivity index (χ3v) is 7.96. The summed E-state index contributed by atoms with van der Waals surface area (Å²) in [5, 5.41) is 5.92. The molecule has 3 aromatic carbocycles. The number of ether oxygens (including phenoxy) is 2. The van der Waals surface area contributed by atoms with Crippen LogP contribution in [0.5, 0.6) is 17.4 Å². The Labute approximate surface area is 274 Å². The number of carbonyl (C=O) groups excluding carboxylic acids is 2. The van der Waals surface area contributed by atoms with Gasteiger partial charge in [-0.25, -0.2) is 9.37 Å². The fourth-order valence-electron chi connectivity index (χ4n) is 5.41. The fourth-order valence-corrected chi connectivity index (χ4v) is 5.41. The summed E-state index contributed by atoms with van der Waals surface area (Å²) < 4.78 is 26.9. The molecule has 1 aromatic heterocycles. The second-order valence-electron chi connectivity index (χ2n) is 11.8. The minimum absolute atomic E-state index is 0.0461. The molecule has 0 spiro atoms. The molecule has 0 aliphatic carbocycles. The van der Waals surface area contributed by atoms with E-state index < -0.39 is 11.7 Å². The molecule has 1 aliphatic heterocycles. The van der Waals surface area contributed by atoms with Gasteiger partial charge >= 0.3 is 0 Å². The van der Waals surface area contributed by atoms with Gasteiger partial charge in [-0.3, -0.25) is 9.59 Å². The maximum Gasteiger partial charge on any atom is 0.262 e. The molecule has 2 N–H and O–H groups in total. The molecule has 0 radical (unpaired) electrons. The molecule has 11 heteroatoms. The Bertz CT molecular complexity index is 1700. The standard InChI is InChI=1S/C36H41FN6O4/c1-24-12-10-13-25(2)32(24)40-33(44)28-23-38-36(41-34(28)47-30-15-7-6-14-27(30)35(45)42(3)4)39-26-16-17-31(29(37)22-26)46-21-11-20-43-18-8-5-9-19-43/h6-7,10,12-17,22-23H,5,8-9,11,18-21H2,1-4H3,(H,40,44)(H,38,39,41). The molecule has 246 valence electrons. The number of carbonyl (C=O) groups is 2. The van der Waals surface area contributed by atoms with Crippen molar-refractivity contribution in [2.75, 3.05) is 51.0 Å². The van der Waals surface area contributed by atoms with Gasteiger partial charge in [-0.15, -0.1) is 0 Å². The summed E-state index contributed by atoms with van der Waals surface area (Å²) in [6, 6.07) is 16.9. The topological polar surface area (TPSA) is 109 Å². The van der Waals surface area contributed by atoms with Crippen molar-refractivity contribution in [1.29, 1.82) is 0 Å². The number of piperidine rings is 1. The Morgan fingerprint density at radius 2 is 1.68 bits per heavy atom. The Kier molecular flexibility index (Phi) is 11.0. The molecule has 1 aliphatic rings.